The lowest BCUT2D eigenvalue weighted by Gasteiger charge is -2.17. The Balaban J connectivity index is 2.13. The molecule has 0 aromatic heterocycles. The minimum absolute atomic E-state index is 0.0906. The van der Waals surface area contributed by atoms with Gasteiger partial charge in [-0.15, -0.1) is 0 Å². The van der Waals surface area contributed by atoms with Crippen LogP contribution in [-0.4, -0.2) is 6.04 Å². The van der Waals surface area contributed by atoms with Crippen molar-refractivity contribution in [3.8, 4) is 0 Å². The maximum atomic E-state index is 13.9. The quantitative estimate of drug-likeness (QED) is 0.612. The van der Waals surface area contributed by atoms with Gasteiger partial charge in [-0.05, 0) is 58.1 Å². The molecular weight excluding hydrogens is 362 g/mol. The van der Waals surface area contributed by atoms with Crippen LogP contribution in [0.4, 0.5) is 8.78 Å². The number of nitrogens with two attached hydrogens (primary N) is 1. The highest BCUT2D eigenvalue weighted by molar-refractivity contribution is 9.10. The van der Waals surface area contributed by atoms with Crippen molar-refractivity contribution in [1.29, 1.82) is 0 Å². The first kappa shape index (κ1) is 16.4. The SMILES string of the molecule is NNC(Cc1ccc(F)c(Br)c1)Cc1cccc(Cl)c1F. The summed E-state index contributed by atoms with van der Waals surface area (Å²) in [6, 6.07) is 9.44. The van der Waals surface area contributed by atoms with Gasteiger partial charge in [0.1, 0.15) is 11.6 Å². The molecule has 2 nitrogen and oxygen atoms in total. The third-order valence-corrected chi connectivity index (χ3v) is 4.10. The molecule has 112 valence electrons. The molecule has 0 radical (unpaired) electrons. The van der Waals surface area contributed by atoms with E-state index in [0.717, 1.165) is 5.56 Å². The summed E-state index contributed by atoms with van der Waals surface area (Å²) in [4.78, 5) is 0. The highest BCUT2D eigenvalue weighted by Gasteiger charge is 2.14. The second-order valence-corrected chi connectivity index (χ2v) is 5.99. The Bertz CT molecular complexity index is 637. The van der Waals surface area contributed by atoms with Crippen molar-refractivity contribution in [2.24, 2.45) is 5.84 Å². The molecule has 2 aromatic carbocycles. The summed E-state index contributed by atoms with van der Waals surface area (Å²) >= 11 is 8.91. The number of halogens is 4. The normalized spacial score (nSPS) is 12.4. The number of hydrogen-bond donors (Lipinski definition) is 2. The van der Waals surface area contributed by atoms with Crippen molar-refractivity contribution >= 4 is 27.5 Å². The van der Waals surface area contributed by atoms with Gasteiger partial charge in [0, 0.05) is 6.04 Å². The van der Waals surface area contributed by atoms with E-state index >= 15 is 0 Å². The van der Waals surface area contributed by atoms with Crippen LogP contribution < -0.4 is 11.3 Å². The van der Waals surface area contributed by atoms with Crippen molar-refractivity contribution in [2.75, 3.05) is 0 Å². The van der Waals surface area contributed by atoms with Gasteiger partial charge in [-0.1, -0.05) is 29.8 Å². The van der Waals surface area contributed by atoms with Crippen LogP contribution in [0, 0.1) is 11.6 Å². The molecule has 0 aliphatic rings. The van der Waals surface area contributed by atoms with Crippen LogP contribution in [-0.2, 0) is 12.8 Å². The molecule has 0 bridgehead atoms. The molecule has 1 unspecified atom stereocenters. The van der Waals surface area contributed by atoms with E-state index in [1.807, 2.05) is 0 Å². The van der Waals surface area contributed by atoms with Gasteiger partial charge in [-0.2, -0.15) is 0 Å². The minimum Gasteiger partial charge on any atom is -0.271 e. The largest absolute Gasteiger partial charge is 0.271 e. The van der Waals surface area contributed by atoms with Crippen LogP contribution in [0.15, 0.2) is 40.9 Å². The monoisotopic (exact) mass is 374 g/mol. The van der Waals surface area contributed by atoms with Crippen molar-refractivity contribution in [3.05, 3.63) is 68.7 Å². The van der Waals surface area contributed by atoms with Crippen LogP contribution in [0.1, 0.15) is 11.1 Å². The predicted molar refractivity (Wildman–Crippen MR) is 84.0 cm³/mol. The molecule has 2 aromatic rings. The fourth-order valence-corrected chi connectivity index (χ4v) is 2.73. The first-order chi connectivity index (χ1) is 10.0. The lowest BCUT2D eigenvalue weighted by atomic mass is 9.99. The van der Waals surface area contributed by atoms with Crippen LogP contribution in [0.2, 0.25) is 5.02 Å². The number of hydrazine groups is 1. The molecule has 0 aliphatic heterocycles. The van der Waals surface area contributed by atoms with Crippen LogP contribution in [0.25, 0.3) is 0 Å². The summed E-state index contributed by atoms with van der Waals surface area (Å²) in [7, 11) is 0. The smallest absolute Gasteiger partial charge is 0.145 e. The van der Waals surface area contributed by atoms with Gasteiger partial charge in [0.25, 0.3) is 0 Å². The molecule has 3 N–H and O–H groups in total. The zero-order valence-electron chi connectivity index (χ0n) is 11.0. The number of rotatable bonds is 5. The topological polar surface area (TPSA) is 38.0 Å². The Morgan fingerprint density at radius 2 is 1.95 bits per heavy atom. The lowest BCUT2D eigenvalue weighted by molar-refractivity contribution is 0.506. The summed E-state index contributed by atoms with van der Waals surface area (Å²) in [5.41, 5.74) is 4.05. The molecular formula is C15H14BrClF2N2. The maximum absolute atomic E-state index is 13.9. The molecule has 0 aliphatic carbocycles. The lowest BCUT2D eigenvalue weighted by Crippen LogP contribution is -2.38. The Hall–Kier alpha value is -1.01. The molecule has 0 saturated heterocycles. The second kappa shape index (κ2) is 7.31. The van der Waals surface area contributed by atoms with E-state index in [4.69, 9.17) is 17.4 Å². The number of nitrogens with one attached hydrogen (secondary N) is 1. The zero-order chi connectivity index (χ0) is 15.4. The molecule has 0 fully saturated rings. The third kappa shape index (κ3) is 4.23. The standard InChI is InChI=1S/C15H14BrClF2N2/c16-12-7-9(4-5-14(12)18)6-11(21-20)8-10-2-1-3-13(17)15(10)19/h1-5,7,11,21H,6,8,20H2. The average Bonchev–Trinajstić information content (AvgIpc) is 2.47. The summed E-state index contributed by atoms with van der Waals surface area (Å²) in [5.74, 6) is 4.78. The van der Waals surface area contributed by atoms with Gasteiger partial charge in [0.15, 0.2) is 0 Å². The summed E-state index contributed by atoms with van der Waals surface area (Å²) in [6.45, 7) is 0. The average molecular weight is 376 g/mol. The Labute approximate surface area is 135 Å². The molecule has 1 atom stereocenters. The van der Waals surface area contributed by atoms with E-state index in [9.17, 15) is 8.78 Å². The summed E-state index contributed by atoms with van der Waals surface area (Å²) in [6.07, 6.45) is 0.930. The molecule has 21 heavy (non-hydrogen) atoms. The number of benzene rings is 2. The highest BCUT2D eigenvalue weighted by atomic mass is 79.9. The van der Waals surface area contributed by atoms with Crippen molar-refractivity contribution in [3.63, 3.8) is 0 Å². The van der Waals surface area contributed by atoms with E-state index in [0.29, 0.717) is 22.9 Å². The summed E-state index contributed by atoms with van der Waals surface area (Å²) in [5, 5.41) is 0.0906. The molecule has 0 amide bonds. The van der Waals surface area contributed by atoms with Gasteiger partial charge in [-0.3, -0.25) is 11.3 Å². The first-order valence-electron chi connectivity index (χ1n) is 6.34. The van der Waals surface area contributed by atoms with Crippen LogP contribution in [0.3, 0.4) is 0 Å². The summed E-state index contributed by atoms with van der Waals surface area (Å²) < 4.78 is 27.5. The Morgan fingerprint density at radius 1 is 1.19 bits per heavy atom. The second-order valence-electron chi connectivity index (χ2n) is 4.73. The molecule has 0 spiro atoms. The molecule has 0 saturated carbocycles. The maximum Gasteiger partial charge on any atom is 0.145 e. The minimum atomic E-state index is -0.431. The van der Waals surface area contributed by atoms with Gasteiger partial charge < -0.3 is 0 Å². The predicted octanol–water partition coefficient (Wildman–Crippen LogP) is 4.00. The zero-order valence-corrected chi connectivity index (χ0v) is 13.4. The number of hydrogen-bond acceptors (Lipinski definition) is 2. The van der Waals surface area contributed by atoms with Gasteiger partial charge in [0.2, 0.25) is 0 Å². The van der Waals surface area contributed by atoms with Crippen molar-refractivity contribution in [2.45, 2.75) is 18.9 Å². The van der Waals surface area contributed by atoms with Crippen LogP contribution >= 0.6 is 27.5 Å². The van der Waals surface area contributed by atoms with Gasteiger partial charge in [0.05, 0.1) is 9.50 Å². The first-order valence-corrected chi connectivity index (χ1v) is 7.51. The fourth-order valence-electron chi connectivity index (χ4n) is 2.11. The van der Waals surface area contributed by atoms with Gasteiger partial charge in [-0.25, -0.2) is 8.78 Å². The van der Waals surface area contributed by atoms with E-state index < -0.39 is 5.82 Å². The highest BCUT2D eigenvalue weighted by Crippen LogP contribution is 2.21. The molecule has 0 heterocycles. The van der Waals surface area contributed by atoms with E-state index in [-0.39, 0.29) is 16.9 Å². The van der Waals surface area contributed by atoms with E-state index in [1.165, 1.54) is 12.1 Å². The van der Waals surface area contributed by atoms with E-state index in [1.54, 1.807) is 24.3 Å². The Morgan fingerprint density at radius 3 is 2.62 bits per heavy atom. The van der Waals surface area contributed by atoms with E-state index in [2.05, 4.69) is 21.4 Å². The third-order valence-electron chi connectivity index (χ3n) is 3.20. The molecule has 6 heteroatoms. The fraction of sp³-hybridized carbons (Fsp3) is 0.200. The van der Waals surface area contributed by atoms with Crippen LogP contribution in [0.5, 0.6) is 0 Å². The Kier molecular flexibility index (Phi) is 5.70. The van der Waals surface area contributed by atoms with Crippen molar-refractivity contribution in [1.82, 2.24) is 5.43 Å². The van der Waals surface area contributed by atoms with Gasteiger partial charge >= 0.3 is 0 Å². The molecule has 2 rings (SSSR count). The van der Waals surface area contributed by atoms with Crippen molar-refractivity contribution < 1.29 is 8.78 Å².